The van der Waals surface area contributed by atoms with Gasteiger partial charge in [-0.05, 0) is 31.4 Å². The molecule has 0 unspecified atom stereocenters. The SMILES string of the molecule is COc1ccc(Nc2nc(C(=O)N3CCCCC3)cs2)c(OC)c1. The summed E-state index contributed by atoms with van der Waals surface area (Å²) in [7, 11) is 3.22. The molecule has 128 valence electrons. The Balaban J connectivity index is 1.73. The highest BCUT2D eigenvalue weighted by Gasteiger charge is 2.20. The largest absolute Gasteiger partial charge is 0.497 e. The molecule has 24 heavy (non-hydrogen) atoms. The third kappa shape index (κ3) is 3.62. The van der Waals surface area contributed by atoms with Crippen LogP contribution >= 0.6 is 11.3 Å². The highest BCUT2D eigenvalue weighted by molar-refractivity contribution is 7.14. The molecule has 1 aromatic heterocycles. The number of amides is 1. The van der Waals surface area contributed by atoms with E-state index in [4.69, 9.17) is 9.47 Å². The summed E-state index contributed by atoms with van der Waals surface area (Å²) >= 11 is 1.41. The van der Waals surface area contributed by atoms with E-state index in [-0.39, 0.29) is 5.91 Å². The molecular weight excluding hydrogens is 326 g/mol. The molecule has 6 nitrogen and oxygen atoms in total. The molecule has 0 spiro atoms. The predicted octanol–water partition coefficient (Wildman–Crippen LogP) is 3.53. The van der Waals surface area contributed by atoms with Crippen LogP contribution in [-0.2, 0) is 0 Å². The van der Waals surface area contributed by atoms with Crippen molar-refractivity contribution < 1.29 is 14.3 Å². The summed E-state index contributed by atoms with van der Waals surface area (Å²) in [6.45, 7) is 1.65. The van der Waals surface area contributed by atoms with Crippen molar-refractivity contribution in [3.8, 4) is 11.5 Å². The average molecular weight is 347 g/mol. The van der Waals surface area contributed by atoms with Gasteiger partial charge >= 0.3 is 0 Å². The Labute approximate surface area is 145 Å². The Hall–Kier alpha value is -2.28. The maximum atomic E-state index is 12.5. The number of methoxy groups -OCH3 is 2. The molecule has 1 amide bonds. The molecule has 1 aliphatic rings. The van der Waals surface area contributed by atoms with E-state index >= 15 is 0 Å². The maximum Gasteiger partial charge on any atom is 0.273 e. The van der Waals surface area contributed by atoms with Crippen molar-refractivity contribution in [3.63, 3.8) is 0 Å². The Morgan fingerprint density at radius 3 is 2.71 bits per heavy atom. The van der Waals surface area contributed by atoms with Gasteiger partial charge in [0.1, 0.15) is 17.2 Å². The first kappa shape index (κ1) is 16.6. The van der Waals surface area contributed by atoms with E-state index in [1.807, 2.05) is 17.0 Å². The van der Waals surface area contributed by atoms with Crippen LogP contribution in [0.25, 0.3) is 0 Å². The lowest BCUT2D eigenvalue weighted by Crippen LogP contribution is -2.35. The summed E-state index contributed by atoms with van der Waals surface area (Å²) in [4.78, 5) is 18.8. The lowest BCUT2D eigenvalue weighted by atomic mass is 10.1. The van der Waals surface area contributed by atoms with E-state index in [2.05, 4.69) is 10.3 Å². The van der Waals surface area contributed by atoms with Gasteiger partial charge in [0.2, 0.25) is 0 Å². The van der Waals surface area contributed by atoms with Crippen LogP contribution in [0.4, 0.5) is 10.8 Å². The Bertz CT molecular complexity index is 711. The van der Waals surface area contributed by atoms with Crippen molar-refractivity contribution in [3.05, 3.63) is 29.3 Å². The topological polar surface area (TPSA) is 63.7 Å². The quantitative estimate of drug-likeness (QED) is 0.896. The zero-order valence-electron chi connectivity index (χ0n) is 13.9. The minimum atomic E-state index is 0.0145. The fraction of sp³-hybridized carbons (Fsp3) is 0.412. The third-order valence-electron chi connectivity index (χ3n) is 4.02. The van der Waals surface area contributed by atoms with Crippen molar-refractivity contribution in [2.24, 2.45) is 0 Å². The van der Waals surface area contributed by atoms with Crippen molar-refractivity contribution >= 4 is 28.1 Å². The van der Waals surface area contributed by atoms with Gasteiger partial charge < -0.3 is 19.7 Å². The number of nitrogens with zero attached hydrogens (tertiary/aromatic N) is 2. The van der Waals surface area contributed by atoms with Crippen LogP contribution in [-0.4, -0.2) is 43.1 Å². The first-order valence-corrected chi connectivity index (χ1v) is 8.83. The van der Waals surface area contributed by atoms with Gasteiger partial charge in [0.25, 0.3) is 5.91 Å². The summed E-state index contributed by atoms with van der Waals surface area (Å²) in [6, 6.07) is 5.51. The Morgan fingerprint density at radius 2 is 2.00 bits per heavy atom. The molecule has 1 aliphatic heterocycles. The Morgan fingerprint density at radius 1 is 1.21 bits per heavy atom. The molecule has 0 radical (unpaired) electrons. The zero-order valence-corrected chi connectivity index (χ0v) is 14.7. The minimum Gasteiger partial charge on any atom is -0.497 e. The first-order valence-electron chi connectivity index (χ1n) is 7.95. The maximum absolute atomic E-state index is 12.5. The number of piperidine rings is 1. The smallest absolute Gasteiger partial charge is 0.273 e. The van der Waals surface area contributed by atoms with Gasteiger partial charge in [0.05, 0.1) is 19.9 Å². The number of aromatic nitrogens is 1. The van der Waals surface area contributed by atoms with Gasteiger partial charge in [0.15, 0.2) is 5.13 Å². The minimum absolute atomic E-state index is 0.0145. The van der Waals surface area contributed by atoms with E-state index < -0.39 is 0 Å². The highest BCUT2D eigenvalue weighted by atomic mass is 32.1. The molecule has 0 atom stereocenters. The van der Waals surface area contributed by atoms with Crippen LogP contribution in [0.2, 0.25) is 0 Å². The number of likely N-dealkylation sites (tertiary alicyclic amines) is 1. The second-order valence-corrected chi connectivity index (χ2v) is 6.44. The number of hydrogen-bond donors (Lipinski definition) is 1. The molecular formula is C17H21N3O3S. The van der Waals surface area contributed by atoms with E-state index in [9.17, 15) is 4.79 Å². The Kier molecular flexibility index (Phi) is 5.20. The van der Waals surface area contributed by atoms with Gasteiger partial charge in [-0.1, -0.05) is 0 Å². The number of hydrogen-bond acceptors (Lipinski definition) is 6. The number of thiazole rings is 1. The van der Waals surface area contributed by atoms with Gasteiger partial charge in [0, 0.05) is 24.5 Å². The van der Waals surface area contributed by atoms with Crippen molar-refractivity contribution in [2.45, 2.75) is 19.3 Å². The van der Waals surface area contributed by atoms with Crippen LogP contribution in [0.1, 0.15) is 29.8 Å². The van der Waals surface area contributed by atoms with E-state index in [1.165, 1.54) is 17.8 Å². The molecule has 1 aromatic carbocycles. The van der Waals surface area contributed by atoms with Crippen LogP contribution in [0.5, 0.6) is 11.5 Å². The number of carbonyl (C=O) groups excluding carboxylic acids is 1. The summed E-state index contributed by atoms with van der Waals surface area (Å²) in [6.07, 6.45) is 3.35. The fourth-order valence-electron chi connectivity index (χ4n) is 2.71. The fourth-order valence-corrected chi connectivity index (χ4v) is 3.40. The van der Waals surface area contributed by atoms with Crippen LogP contribution in [0, 0.1) is 0 Å². The molecule has 0 bridgehead atoms. The van der Waals surface area contributed by atoms with Crippen LogP contribution in [0.15, 0.2) is 23.6 Å². The number of benzene rings is 1. The first-order chi connectivity index (χ1) is 11.7. The summed E-state index contributed by atoms with van der Waals surface area (Å²) in [5.41, 5.74) is 1.28. The van der Waals surface area contributed by atoms with E-state index in [1.54, 1.807) is 25.7 Å². The number of nitrogens with one attached hydrogen (secondary N) is 1. The zero-order chi connectivity index (χ0) is 16.9. The van der Waals surface area contributed by atoms with Crippen molar-refractivity contribution in [1.82, 2.24) is 9.88 Å². The third-order valence-corrected chi connectivity index (χ3v) is 4.77. The molecule has 0 saturated carbocycles. The molecule has 1 saturated heterocycles. The highest BCUT2D eigenvalue weighted by Crippen LogP contribution is 2.32. The molecule has 7 heteroatoms. The number of rotatable bonds is 5. The monoisotopic (exact) mass is 347 g/mol. The van der Waals surface area contributed by atoms with Gasteiger partial charge in [-0.15, -0.1) is 11.3 Å². The molecule has 1 fully saturated rings. The molecule has 2 heterocycles. The molecule has 2 aromatic rings. The second-order valence-electron chi connectivity index (χ2n) is 5.58. The van der Waals surface area contributed by atoms with Gasteiger partial charge in [-0.2, -0.15) is 0 Å². The van der Waals surface area contributed by atoms with Crippen LogP contribution < -0.4 is 14.8 Å². The molecule has 3 rings (SSSR count). The number of ether oxygens (including phenoxy) is 2. The normalized spacial score (nSPS) is 14.3. The standard InChI is InChI=1S/C17H21N3O3S/c1-22-12-6-7-13(15(10-12)23-2)18-17-19-14(11-24-17)16(21)20-8-4-3-5-9-20/h6-7,10-11H,3-5,8-9H2,1-2H3,(H,18,19). The van der Waals surface area contributed by atoms with Crippen molar-refractivity contribution in [2.75, 3.05) is 32.6 Å². The number of carbonyl (C=O) groups is 1. The van der Waals surface area contributed by atoms with E-state index in [0.29, 0.717) is 16.6 Å². The molecule has 0 aliphatic carbocycles. The summed E-state index contributed by atoms with van der Waals surface area (Å²) in [5, 5.41) is 5.68. The van der Waals surface area contributed by atoms with Gasteiger partial charge in [-0.25, -0.2) is 4.98 Å². The van der Waals surface area contributed by atoms with Crippen molar-refractivity contribution in [1.29, 1.82) is 0 Å². The van der Waals surface area contributed by atoms with E-state index in [0.717, 1.165) is 37.4 Å². The number of anilines is 2. The lowest BCUT2D eigenvalue weighted by molar-refractivity contribution is 0.0719. The summed E-state index contributed by atoms with van der Waals surface area (Å²) in [5.74, 6) is 1.40. The summed E-state index contributed by atoms with van der Waals surface area (Å²) < 4.78 is 10.6. The lowest BCUT2D eigenvalue weighted by Gasteiger charge is -2.25. The molecule has 1 N–H and O–H groups in total. The second kappa shape index (κ2) is 7.53. The van der Waals surface area contributed by atoms with Gasteiger partial charge in [-0.3, -0.25) is 4.79 Å². The predicted molar refractivity (Wildman–Crippen MR) is 94.7 cm³/mol. The van der Waals surface area contributed by atoms with Crippen LogP contribution in [0.3, 0.4) is 0 Å². The average Bonchev–Trinajstić information content (AvgIpc) is 3.10.